The highest BCUT2D eigenvalue weighted by Gasteiger charge is 2.32. The molecule has 3 fully saturated rings. The Morgan fingerprint density at radius 3 is 2.66 bits per heavy atom. The third-order valence-electron chi connectivity index (χ3n) is 8.61. The van der Waals surface area contributed by atoms with Gasteiger partial charge < -0.3 is 30.5 Å². The number of hydrogen-bond acceptors (Lipinski definition) is 7. The third-order valence-corrected chi connectivity index (χ3v) is 8.61. The van der Waals surface area contributed by atoms with Crippen molar-refractivity contribution in [2.75, 3.05) is 57.0 Å². The van der Waals surface area contributed by atoms with Crippen LogP contribution >= 0.6 is 0 Å². The maximum atomic E-state index is 13.3. The number of benzene rings is 1. The first-order valence-corrected chi connectivity index (χ1v) is 14.4. The van der Waals surface area contributed by atoms with E-state index in [-0.39, 0.29) is 18.2 Å². The fourth-order valence-corrected chi connectivity index (χ4v) is 5.94. The van der Waals surface area contributed by atoms with Crippen molar-refractivity contribution in [3.8, 4) is 11.3 Å². The monoisotopic (exact) mass is 519 g/mol. The molecule has 6 rings (SSSR count). The number of nitrogens with two attached hydrogens (primary N) is 1. The van der Waals surface area contributed by atoms with Crippen molar-refractivity contribution >= 4 is 17.8 Å². The lowest BCUT2D eigenvalue weighted by molar-refractivity contribution is 0.00128. The van der Waals surface area contributed by atoms with Crippen molar-refractivity contribution in [2.45, 2.75) is 63.6 Å². The van der Waals surface area contributed by atoms with Crippen LogP contribution in [-0.2, 0) is 17.7 Å². The van der Waals surface area contributed by atoms with Gasteiger partial charge in [0.05, 0.1) is 17.8 Å². The minimum Gasteiger partial charge on any atom is -0.376 e. The summed E-state index contributed by atoms with van der Waals surface area (Å²) in [6.45, 7) is 6.03. The van der Waals surface area contributed by atoms with Gasteiger partial charge in [-0.2, -0.15) is 4.98 Å². The average molecular weight is 520 g/mol. The average Bonchev–Trinajstić information content (AvgIpc) is 3.77. The zero-order valence-corrected chi connectivity index (χ0v) is 22.6. The molecule has 9 nitrogen and oxygen atoms in total. The van der Waals surface area contributed by atoms with Gasteiger partial charge in [0, 0.05) is 57.5 Å². The Morgan fingerprint density at radius 1 is 1.03 bits per heavy atom. The molecule has 38 heavy (non-hydrogen) atoms. The van der Waals surface area contributed by atoms with Crippen molar-refractivity contribution in [3.63, 3.8) is 0 Å². The van der Waals surface area contributed by atoms with Crippen LogP contribution < -0.4 is 16.0 Å². The number of amides is 2. The molecule has 1 saturated heterocycles. The highest BCUT2D eigenvalue weighted by molar-refractivity contribution is 5.75. The molecule has 9 heteroatoms. The second-order valence-corrected chi connectivity index (χ2v) is 11.6. The van der Waals surface area contributed by atoms with E-state index in [1.165, 1.54) is 30.4 Å². The van der Waals surface area contributed by atoms with E-state index in [4.69, 9.17) is 10.5 Å². The highest BCUT2D eigenvalue weighted by Crippen LogP contribution is 2.32. The summed E-state index contributed by atoms with van der Waals surface area (Å²) in [5.41, 5.74) is 10.4. The number of likely N-dealkylation sites (N-methyl/N-ethyl adjacent to an activating group) is 1. The van der Waals surface area contributed by atoms with Crippen molar-refractivity contribution in [1.29, 1.82) is 0 Å². The summed E-state index contributed by atoms with van der Waals surface area (Å²) in [5.74, 6) is 1.91. The number of urea groups is 1. The second kappa shape index (κ2) is 11.1. The highest BCUT2D eigenvalue weighted by atomic mass is 16.5. The van der Waals surface area contributed by atoms with Crippen LogP contribution in [0, 0.1) is 5.92 Å². The van der Waals surface area contributed by atoms with Crippen molar-refractivity contribution in [1.82, 2.24) is 25.1 Å². The molecule has 1 aromatic heterocycles. The molecule has 3 N–H and O–H groups in total. The molecule has 4 aliphatic rings. The van der Waals surface area contributed by atoms with Crippen LogP contribution in [0.25, 0.3) is 11.3 Å². The Morgan fingerprint density at radius 2 is 1.84 bits per heavy atom. The molecule has 3 heterocycles. The summed E-state index contributed by atoms with van der Waals surface area (Å²) in [7, 11) is 2.14. The normalized spacial score (nSPS) is 24.2. The summed E-state index contributed by atoms with van der Waals surface area (Å²) >= 11 is 0. The Labute approximate surface area is 225 Å². The topological polar surface area (TPSA) is 99.8 Å². The lowest BCUT2D eigenvalue weighted by Crippen LogP contribution is -2.52. The van der Waals surface area contributed by atoms with E-state index in [1.807, 2.05) is 11.0 Å². The Balaban J connectivity index is 1.14. The van der Waals surface area contributed by atoms with E-state index in [2.05, 4.69) is 50.3 Å². The molecular weight excluding hydrogens is 478 g/mol. The maximum absolute atomic E-state index is 13.3. The van der Waals surface area contributed by atoms with Gasteiger partial charge >= 0.3 is 6.03 Å². The summed E-state index contributed by atoms with van der Waals surface area (Å²) in [6, 6.07) is 8.65. The second-order valence-electron chi connectivity index (χ2n) is 11.6. The molecule has 2 amide bonds. The van der Waals surface area contributed by atoms with Gasteiger partial charge in [-0.15, -0.1) is 0 Å². The molecule has 0 bridgehead atoms. The number of hydrogen-bond donors (Lipinski definition) is 2. The van der Waals surface area contributed by atoms with Crippen molar-refractivity contribution in [2.24, 2.45) is 5.92 Å². The van der Waals surface area contributed by atoms with Crippen LogP contribution in [0.1, 0.15) is 49.7 Å². The molecule has 2 atom stereocenters. The summed E-state index contributed by atoms with van der Waals surface area (Å²) in [6.07, 6.45) is 7.96. The van der Waals surface area contributed by atoms with E-state index in [0.717, 1.165) is 88.0 Å². The molecule has 0 spiro atoms. The zero-order valence-electron chi connectivity index (χ0n) is 22.6. The van der Waals surface area contributed by atoms with Crippen LogP contribution in [-0.4, -0.2) is 84.3 Å². The van der Waals surface area contributed by atoms with E-state index < -0.39 is 0 Å². The molecule has 2 saturated carbocycles. The number of piperazine rings is 1. The van der Waals surface area contributed by atoms with Gasteiger partial charge in [-0.05, 0) is 62.3 Å². The predicted octanol–water partition coefficient (Wildman–Crippen LogP) is 3.28. The first kappa shape index (κ1) is 25.4. The predicted molar refractivity (Wildman–Crippen MR) is 149 cm³/mol. The Bertz CT molecular complexity index is 1150. The molecule has 2 aliphatic carbocycles. The Hall–Kier alpha value is -2.91. The first-order valence-electron chi connectivity index (χ1n) is 14.4. The molecular formula is C29H41N7O2. The van der Waals surface area contributed by atoms with Crippen LogP contribution in [0.4, 0.5) is 16.6 Å². The number of carbonyl (C=O) groups excluding carboxylic acids is 1. The number of ether oxygens (including phenoxy) is 1. The summed E-state index contributed by atoms with van der Waals surface area (Å²) < 4.78 is 6.24. The largest absolute Gasteiger partial charge is 0.376 e. The van der Waals surface area contributed by atoms with Crippen LogP contribution in [0.15, 0.2) is 24.3 Å². The van der Waals surface area contributed by atoms with Crippen LogP contribution in [0.5, 0.6) is 0 Å². The van der Waals surface area contributed by atoms with Gasteiger partial charge in [-0.3, -0.25) is 0 Å². The molecule has 0 unspecified atom stereocenters. The SMILES string of the molecule is CN1CCN(c2cc(-c3ccc4c(c3)CN(C(=O)N[C@H]3CCCC[C@H]3OCC3CC3)CC4)nc(N)n2)CC1. The van der Waals surface area contributed by atoms with E-state index >= 15 is 0 Å². The first-order chi connectivity index (χ1) is 18.5. The lowest BCUT2D eigenvalue weighted by atomic mass is 9.92. The number of nitrogens with zero attached hydrogens (tertiary/aromatic N) is 5. The fraction of sp³-hybridized carbons (Fsp3) is 0.621. The number of carbonyl (C=O) groups is 1. The van der Waals surface area contributed by atoms with Gasteiger partial charge in [0.2, 0.25) is 5.95 Å². The standard InChI is InChI=1S/C29H41N7O2/c1-34-12-14-35(15-13-34)27-17-25(31-28(30)33-27)22-9-8-21-10-11-36(18-23(21)16-22)29(37)32-24-4-2-3-5-26(24)38-19-20-6-7-20/h8-9,16-17,20,24,26H,2-7,10-15,18-19H2,1H3,(H,32,37)(H2,30,31,33)/t24-,26+/m0/s1. The molecule has 0 radical (unpaired) electrons. The van der Waals surface area contributed by atoms with E-state index in [0.29, 0.717) is 12.5 Å². The molecule has 204 valence electrons. The quantitative estimate of drug-likeness (QED) is 0.604. The van der Waals surface area contributed by atoms with Gasteiger partial charge in [-0.1, -0.05) is 25.0 Å². The number of aromatic nitrogens is 2. The van der Waals surface area contributed by atoms with Crippen LogP contribution in [0.2, 0.25) is 0 Å². The van der Waals surface area contributed by atoms with Crippen LogP contribution in [0.3, 0.4) is 0 Å². The number of anilines is 2. The lowest BCUT2D eigenvalue weighted by Gasteiger charge is -2.35. The zero-order chi connectivity index (χ0) is 26.1. The number of nitrogens with one attached hydrogen (secondary N) is 1. The smallest absolute Gasteiger partial charge is 0.318 e. The summed E-state index contributed by atoms with van der Waals surface area (Å²) in [5, 5.41) is 3.33. The van der Waals surface area contributed by atoms with Crippen molar-refractivity contribution in [3.05, 3.63) is 35.4 Å². The van der Waals surface area contributed by atoms with Gasteiger partial charge in [0.1, 0.15) is 5.82 Å². The van der Waals surface area contributed by atoms with Gasteiger partial charge in [0.25, 0.3) is 0 Å². The number of nitrogen functional groups attached to an aromatic ring is 1. The van der Waals surface area contributed by atoms with Gasteiger partial charge in [-0.25, -0.2) is 9.78 Å². The number of fused-ring (bicyclic) bond motifs is 1. The minimum atomic E-state index is 0.0246. The molecule has 2 aliphatic heterocycles. The minimum absolute atomic E-state index is 0.0246. The maximum Gasteiger partial charge on any atom is 0.318 e. The summed E-state index contributed by atoms with van der Waals surface area (Å²) in [4.78, 5) is 29.0. The van der Waals surface area contributed by atoms with E-state index in [1.54, 1.807) is 0 Å². The fourth-order valence-electron chi connectivity index (χ4n) is 5.94. The number of rotatable bonds is 6. The van der Waals surface area contributed by atoms with E-state index in [9.17, 15) is 4.79 Å². The third kappa shape index (κ3) is 5.89. The molecule has 2 aromatic rings. The molecule has 1 aromatic carbocycles. The van der Waals surface area contributed by atoms with Crippen molar-refractivity contribution < 1.29 is 9.53 Å². The Kier molecular flexibility index (Phi) is 7.39. The van der Waals surface area contributed by atoms with Gasteiger partial charge in [0.15, 0.2) is 0 Å².